The Hall–Kier alpha value is -3.02. The molecule has 0 spiro atoms. The molecule has 0 aliphatic heterocycles. The van der Waals surface area contributed by atoms with E-state index in [4.69, 9.17) is 9.84 Å². The highest BCUT2D eigenvalue weighted by atomic mass is 19.1. The number of benzene rings is 2. The van der Waals surface area contributed by atoms with E-state index in [1.807, 2.05) is 0 Å². The number of carboxylic acids is 1. The molecule has 0 amide bonds. The second kappa shape index (κ2) is 5.16. The molecule has 0 atom stereocenters. The van der Waals surface area contributed by atoms with Crippen molar-refractivity contribution in [3.8, 4) is 11.6 Å². The van der Waals surface area contributed by atoms with Gasteiger partial charge >= 0.3 is 5.97 Å². The number of hydrogen-bond acceptors (Lipinski definition) is 4. The average molecular weight is 284 g/mol. The highest BCUT2D eigenvalue weighted by Gasteiger charge is 2.09. The summed E-state index contributed by atoms with van der Waals surface area (Å²) >= 11 is 0. The van der Waals surface area contributed by atoms with Gasteiger partial charge < -0.3 is 9.84 Å². The standard InChI is InChI=1S/C15H9FN2O3/c16-10-2-4-11(5-3-10)21-14-12-6-1-9(15(19)20)7-13(12)17-8-18-14/h1-8H,(H,19,20). The number of carboxylic acid groups (broad SMARTS) is 1. The van der Waals surface area contributed by atoms with E-state index in [-0.39, 0.29) is 17.3 Å². The highest BCUT2D eigenvalue weighted by Crippen LogP contribution is 2.27. The second-order valence-corrected chi connectivity index (χ2v) is 4.27. The Morgan fingerprint density at radius 3 is 2.57 bits per heavy atom. The molecule has 3 aromatic rings. The molecule has 1 aromatic heterocycles. The molecule has 0 radical (unpaired) electrons. The van der Waals surface area contributed by atoms with Gasteiger partial charge in [0.15, 0.2) is 0 Å². The molecule has 0 unspecified atom stereocenters. The van der Waals surface area contributed by atoms with Crippen molar-refractivity contribution in [3.63, 3.8) is 0 Å². The number of aromatic nitrogens is 2. The number of aromatic carboxylic acids is 1. The molecule has 21 heavy (non-hydrogen) atoms. The fraction of sp³-hybridized carbons (Fsp3) is 0. The topological polar surface area (TPSA) is 72.3 Å². The summed E-state index contributed by atoms with van der Waals surface area (Å²) in [6.45, 7) is 0. The first-order valence-electron chi connectivity index (χ1n) is 6.05. The van der Waals surface area contributed by atoms with Crippen molar-refractivity contribution in [2.75, 3.05) is 0 Å². The Morgan fingerprint density at radius 2 is 1.86 bits per heavy atom. The molecule has 3 rings (SSSR count). The Kier molecular flexibility index (Phi) is 3.19. The SMILES string of the molecule is O=C(O)c1ccc2c(Oc3ccc(F)cc3)ncnc2c1. The van der Waals surface area contributed by atoms with Crippen molar-refractivity contribution in [2.24, 2.45) is 0 Å². The summed E-state index contributed by atoms with van der Waals surface area (Å²) < 4.78 is 18.4. The monoisotopic (exact) mass is 284 g/mol. The molecule has 6 heteroatoms. The van der Waals surface area contributed by atoms with Crippen LogP contribution in [0.1, 0.15) is 10.4 Å². The molecule has 0 aliphatic carbocycles. The van der Waals surface area contributed by atoms with Gasteiger partial charge in [-0.1, -0.05) is 0 Å². The third-order valence-corrected chi connectivity index (χ3v) is 2.88. The maximum Gasteiger partial charge on any atom is 0.335 e. The average Bonchev–Trinajstić information content (AvgIpc) is 2.49. The Bertz CT molecular complexity index is 819. The lowest BCUT2D eigenvalue weighted by atomic mass is 10.1. The van der Waals surface area contributed by atoms with Crippen LogP contribution in [-0.4, -0.2) is 21.0 Å². The van der Waals surface area contributed by atoms with Crippen LogP contribution in [0.3, 0.4) is 0 Å². The summed E-state index contributed by atoms with van der Waals surface area (Å²) in [5, 5.41) is 9.54. The Morgan fingerprint density at radius 1 is 1.10 bits per heavy atom. The zero-order valence-electron chi connectivity index (χ0n) is 10.7. The predicted octanol–water partition coefficient (Wildman–Crippen LogP) is 3.26. The van der Waals surface area contributed by atoms with Gasteiger partial charge in [-0.3, -0.25) is 0 Å². The highest BCUT2D eigenvalue weighted by molar-refractivity contribution is 5.94. The summed E-state index contributed by atoms with van der Waals surface area (Å²) in [7, 11) is 0. The van der Waals surface area contributed by atoms with Crippen LogP contribution in [0.5, 0.6) is 11.6 Å². The van der Waals surface area contributed by atoms with E-state index >= 15 is 0 Å². The van der Waals surface area contributed by atoms with Gasteiger partial charge in [0, 0.05) is 0 Å². The normalized spacial score (nSPS) is 10.5. The maximum absolute atomic E-state index is 12.9. The van der Waals surface area contributed by atoms with Crippen molar-refractivity contribution in [2.45, 2.75) is 0 Å². The fourth-order valence-electron chi connectivity index (χ4n) is 1.86. The molecule has 0 aliphatic rings. The van der Waals surface area contributed by atoms with Gasteiger partial charge in [0.25, 0.3) is 0 Å². The summed E-state index contributed by atoms with van der Waals surface area (Å²) in [4.78, 5) is 19.0. The van der Waals surface area contributed by atoms with Gasteiger partial charge in [0.1, 0.15) is 17.9 Å². The van der Waals surface area contributed by atoms with Gasteiger partial charge in [-0.2, -0.15) is 0 Å². The molecule has 0 saturated heterocycles. The summed E-state index contributed by atoms with van der Waals surface area (Å²) in [6, 6.07) is 9.99. The fourth-order valence-corrected chi connectivity index (χ4v) is 1.86. The summed E-state index contributed by atoms with van der Waals surface area (Å²) in [6.07, 6.45) is 1.28. The lowest BCUT2D eigenvalue weighted by Crippen LogP contribution is -1.97. The molecule has 1 heterocycles. The minimum absolute atomic E-state index is 0.133. The van der Waals surface area contributed by atoms with E-state index in [1.54, 1.807) is 6.07 Å². The van der Waals surface area contributed by atoms with E-state index in [0.717, 1.165) is 0 Å². The van der Waals surface area contributed by atoms with Gasteiger partial charge in [0.05, 0.1) is 16.5 Å². The Labute approximate surface area is 118 Å². The predicted molar refractivity (Wildman–Crippen MR) is 73.0 cm³/mol. The van der Waals surface area contributed by atoms with E-state index in [2.05, 4.69) is 9.97 Å². The minimum atomic E-state index is -1.03. The van der Waals surface area contributed by atoms with Crippen LogP contribution in [-0.2, 0) is 0 Å². The van der Waals surface area contributed by atoms with Crippen LogP contribution in [0.2, 0.25) is 0 Å². The minimum Gasteiger partial charge on any atom is -0.478 e. The first-order valence-corrected chi connectivity index (χ1v) is 6.05. The van der Waals surface area contributed by atoms with E-state index in [1.165, 1.54) is 42.7 Å². The maximum atomic E-state index is 12.9. The number of ether oxygens (including phenoxy) is 1. The lowest BCUT2D eigenvalue weighted by molar-refractivity contribution is 0.0697. The summed E-state index contributed by atoms with van der Waals surface area (Å²) in [5.74, 6) is -0.681. The van der Waals surface area contributed by atoms with Crippen LogP contribution in [0.15, 0.2) is 48.8 Å². The molecule has 0 bridgehead atoms. The second-order valence-electron chi connectivity index (χ2n) is 4.27. The van der Waals surface area contributed by atoms with Gasteiger partial charge in [-0.15, -0.1) is 0 Å². The molecule has 5 nitrogen and oxygen atoms in total. The lowest BCUT2D eigenvalue weighted by Gasteiger charge is -2.07. The van der Waals surface area contributed by atoms with Crippen molar-refractivity contribution in [1.82, 2.24) is 9.97 Å². The van der Waals surface area contributed by atoms with Crippen LogP contribution in [0.25, 0.3) is 10.9 Å². The molecule has 104 valence electrons. The zero-order valence-corrected chi connectivity index (χ0v) is 10.7. The van der Waals surface area contributed by atoms with Gasteiger partial charge in [0.2, 0.25) is 5.88 Å². The first-order chi connectivity index (χ1) is 10.1. The molecule has 1 N–H and O–H groups in total. The quantitative estimate of drug-likeness (QED) is 0.799. The third kappa shape index (κ3) is 2.64. The molecule has 2 aromatic carbocycles. The summed E-state index contributed by atoms with van der Waals surface area (Å²) in [5.41, 5.74) is 0.593. The zero-order chi connectivity index (χ0) is 14.8. The number of hydrogen-bond donors (Lipinski definition) is 1. The number of carbonyl (C=O) groups is 1. The molecular weight excluding hydrogens is 275 g/mol. The number of nitrogens with zero attached hydrogens (tertiary/aromatic N) is 2. The largest absolute Gasteiger partial charge is 0.478 e. The smallest absolute Gasteiger partial charge is 0.335 e. The third-order valence-electron chi connectivity index (χ3n) is 2.88. The van der Waals surface area contributed by atoms with Crippen molar-refractivity contribution in [3.05, 3.63) is 60.2 Å². The number of fused-ring (bicyclic) bond motifs is 1. The van der Waals surface area contributed by atoms with Gasteiger partial charge in [-0.05, 0) is 42.5 Å². The van der Waals surface area contributed by atoms with Crippen LogP contribution in [0.4, 0.5) is 4.39 Å². The Balaban J connectivity index is 2.02. The van der Waals surface area contributed by atoms with E-state index in [0.29, 0.717) is 16.7 Å². The van der Waals surface area contributed by atoms with Crippen LogP contribution >= 0.6 is 0 Å². The van der Waals surface area contributed by atoms with Crippen LogP contribution < -0.4 is 4.74 Å². The van der Waals surface area contributed by atoms with E-state index in [9.17, 15) is 9.18 Å². The van der Waals surface area contributed by atoms with Crippen molar-refractivity contribution >= 4 is 16.9 Å². The first kappa shape index (κ1) is 13.0. The number of halogens is 1. The number of rotatable bonds is 3. The van der Waals surface area contributed by atoms with E-state index < -0.39 is 5.97 Å². The van der Waals surface area contributed by atoms with Crippen molar-refractivity contribution in [1.29, 1.82) is 0 Å². The molecule has 0 fully saturated rings. The van der Waals surface area contributed by atoms with Crippen molar-refractivity contribution < 1.29 is 19.0 Å². The molecular formula is C15H9FN2O3. The van der Waals surface area contributed by atoms with Gasteiger partial charge in [-0.25, -0.2) is 19.2 Å². The molecule has 0 saturated carbocycles. The van der Waals surface area contributed by atoms with Crippen LogP contribution in [0, 0.1) is 5.82 Å².